The van der Waals surface area contributed by atoms with Crippen LogP contribution in [0.4, 0.5) is 21.5 Å². The summed E-state index contributed by atoms with van der Waals surface area (Å²) in [5.74, 6) is -1.34. The van der Waals surface area contributed by atoms with Crippen molar-refractivity contribution in [1.29, 1.82) is 0 Å². The highest BCUT2D eigenvalue weighted by Crippen LogP contribution is 2.30. The molecule has 26 heavy (non-hydrogen) atoms. The minimum Gasteiger partial charge on any atom is -0.378 e. The van der Waals surface area contributed by atoms with Crippen LogP contribution in [0.25, 0.3) is 0 Å². The van der Waals surface area contributed by atoms with Crippen LogP contribution in [0.3, 0.4) is 0 Å². The van der Waals surface area contributed by atoms with Crippen LogP contribution < -0.4 is 10.2 Å². The van der Waals surface area contributed by atoms with Crippen LogP contribution >= 0.6 is 11.6 Å². The van der Waals surface area contributed by atoms with E-state index in [1.54, 1.807) is 0 Å². The molecule has 2 aromatic carbocycles. The van der Waals surface area contributed by atoms with Crippen LogP contribution in [-0.4, -0.2) is 37.1 Å². The molecule has 0 atom stereocenters. The summed E-state index contributed by atoms with van der Waals surface area (Å²) in [4.78, 5) is 25.1. The van der Waals surface area contributed by atoms with E-state index in [1.807, 2.05) is 4.90 Å². The number of nitro groups is 1. The molecular formula is C17H15ClFN3O4. The van der Waals surface area contributed by atoms with Gasteiger partial charge in [-0.15, -0.1) is 0 Å². The van der Waals surface area contributed by atoms with Crippen molar-refractivity contribution in [3.05, 3.63) is 62.9 Å². The maximum atomic E-state index is 13.8. The van der Waals surface area contributed by atoms with Gasteiger partial charge in [-0.3, -0.25) is 14.9 Å². The van der Waals surface area contributed by atoms with Crippen LogP contribution in [0.15, 0.2) is 36.4 Å². The first-order chi connectivity index (χ1) is 12.5. The third kappa shape index (κ3) is 3.92. The average molecular weight is 380 g/mol. The molecule has 1 heterocycles. The van der Waals surface area contributed by atoms with Crippen molar-refractivity contribution in [3.63, 3.8) is 0 Å². The lowest BCUT2D eigenvalue weighted by molar-refractivity contribution is -0.384. The van der Waals surface area contributed by atoms with Crippen LogP contribution in [0.5, 0.6) is 0 Å². The van der Waals surface area contributed by atoms with Gasteiger partial charge in [0.05, 0.1) is 23.8 Å². The first-order valence-corrected chi connectivity index (χ1v) is 8.21. The summed E-state index contributed by atoms with van der Waals surface area (Å²) in [6.07, 6.45) is 0. The van der Waals surface area contributed by atoms with E-state index < -0.39 is 16.6 Å². The third-order valence-electron chi connectivity index (χ3n) is 3.97. The number of nitrogens with zero attached hydrogens (tertiary/aromatic N) is 2. The lowest BCUT2D eigenvalue weighted by Gasteiger charge is -2.28. The molecule has 0 aliphatic carbocycles. The van der Waals surface area contributed by atoms with Gasteiger partial charge in [0.15, 0.2) is 0 Å². The molecule has 2 aromatic rings. The maximum Gasteiger partial charge on any atom is 0.293 e. The van der Waals surface area contributed by atoms with Gasteiger partial charge in [-0.25, -0.2) is 4.39 Å². The summed E-state index contributed by atoms with van der Waals surface area (Å²) in [5.41, 5.74) is 0.242. The Balaban J connectivity index is 1.86. The quantitative estimate of drug-likeness (QED) is 0.649. The molecule has 0 bridgehead atoms. The van der Waals surface area contributed by atoms with E-state index in [2.05, 4.69) is 5.32 Å². The number of nitrogens with one attached hydrogen (secondary N) is 1. The molecule has 1 fully saturated rings. The molecule has 0 aromatic heterocycles. The summed E-state index contributed by atoms with van der Waals surface area (Å²) in [5, 5.41) is 14.0. The number of morpholine rings is 1. The standard InChI is InChI=1S/C17H15ClFN3O4/c18-12-2-3-14(13(19)10-12)20-17(23)11-1-4-15(16(9-11)22(24)25)21-5-7-26-8-6-21/h1-4,9-10H,5-8H2,(H,20,23). The van der Waals surface area contributed by atoms with Crippen LogP contribution in [0.2, 0.25) is 5.02 Å². The first kappa shape index (κ1) is 18.1. The van der Waals surface area contributed by atoms with E-state index in [4.69, 9.17) is 16.3 Å². The maximum absolute atomic E-state index is 13.8. The molecular weight excluding hydrogens is 365 g/mol. The minimum absolute atomic E-state index is 0.0562. The summed E-state index contributed by atoms with van der Waals surface area (Å²) < 4.78 is 19.1. The molecule has 136 valence electrons. The number of hydrogen-bond donors (Lipinski definition) is 1. The number of hydrogen-bond acceptors (Lipinski definition) is 5. The number of halogens is 2. The average Bonchev–Trinajstić information content (AvgIpc) is 2.64. The van der Waals surface area contributed by atoms with E-state index in [9.17, 15) is 19.3 Å². The SMILES string of the molecule is O=C(Nc1ccc(Cl)cc1F)c1ccc(N2CCOCC2)c([N+](=O)[O-])c1. The van der Waals surface area contributed by atoms with Gasteiger partial charge in [0.25, 0.3) is 11.6 Å². The molecule has 0 spiro atoms. The molecule has 7 nitrogen and oxygen atoms in total. The number of nitro benzene ring substituents is 1. The van der Waals surface area contributed by atoms with Gasteiger partial charge in [-0.2, -0.15) is 0 Å². The second-order valence-electron chi connectivity index (χ2n) is 5.64. The van der Waals surface area contributed by atoms with E-state index in [1.165, 1.54) is 30.3 Å². The van der Waals surface area contributed by atoms with Gasteiger partial charge < -0.3 is 15.0 Å². The number of rotatable bonds is 4. The second-order valence-corrected chi connectivity index (χ2v) is 6.07. The zero-order chi connectivity index (χ0) is 18.7. The fourth-order valence-corrected chi connectivity index (χ4v) is 2.83. The Labute approximate surface area is 153 Å². The lowest BCUT2D eigenvalue weighted by Crippen LogP contribution is -2.36. The summed E-state index contributed by atoms with van der Waals surface area (Å²) in [6, 6.07) is 8.02. The van der Waals surface area contributed by atoms with E-state index >= 15 is 0 Å². The topological polar surface area (TPSA) is 84.7 Å². The largest absolute Gasteiger partial charge is 0.378 e. The Morgan fingerprint density at radius 1 is 1.23 bits per heavy atom. The highest BCUT2D eigenvalue weighted by molar-refractivity contribution is 6.30. The Kier molecular flexibility index (Phi) is 5.34. The Hall–Kier alpha value is -2.71. The molecule has 9 heteroatoms. The second kappa shape index (κ2) is 7.67. The fraction of sp³-hybridized carbons (Fsp3) is 0.235. The molecule has 1 amide bonds. The van der Waals surface area contributed by atoms with Crippen molar-refractivity contribution in [2.75, 3.05) is 36.5 Å². The van der Waals surface area contributed by atoms with E-state index in [0.29, 0.717) is 32.0 Å². The third-order valence-corrected chi connectivity index (χ3v) is 4.20. The molecule has 0 saturated carbocycles. The molecule has 1 aliphatic heterocycles. The summed E-state index contributed by atoms with van der Waals surface area (Å²) in [7, 11) is 0. The highest BCUT2D eigenvalue weighted by atomic mass is 35.5. The van der Waals surface area contributed by atoms with E-state index in [-0.39, 0.29) is 22.0 Å². The lowest BCUT2D eigenvalue weighted by atomic mass is 10.1. The number of carbonyl (C=O) groups is 1. The van der Waals surface area contributed by atoms with Crippen molar-refractivity contribution in [2.45, 2.75) is 0 Å². The van der Waals surface area contributed by atoms with Gasteiger partial charge in [-0.1, -0.05) is 11.6 Å². The Morgan fingerprint density at radius 3 is 2.62 bits per heavy atom. The van der Waals surface area contributed by atoms with Gasteiger partial charge in [0, 0.05) is 29.7 Å². The van der Waals surface area contributed by atoms with E-state index in [0.717, 1.165) is 6.07 Å². The molecule has 1 N–H and O–H groups in total. The number of anilines is 2. The Bertz CT molecular complexity index is 856. The molecule has 3 rings (SSSR count). The smallest absolute Gasteiger partial charge is 0.293 e. The highest BCUT2D eigenvalue weighted by Gasteiger charge is 2.23. The number of benzene rings is 2. The number of ether oxygens (including phenoxy) is 1. The van der Waals surface area contributed by atoms with Crippen LogP contribution in [0.1, 0.15) is 10.4 Å². The number of amides is 1. The molecule has 0 radical (unpaired) electrons. The fourth-order valence-electron chi connectivity index (χ4n) is 2.67. The van der Waals surface area contributed by atoms with Crippen molar-refractivity contribution in [2.24, 2.45) is 0 Å². The molecule has 1 aliphatic rings. The van der Waals surface area contributed by atoms with Crippen LogP contribution in [-0.2, 0) is 4.74 Å². The van der Waals surface area contributed by atoms with Gasteiger partial charge in [0.1, 0.15) is 11.5 Å². The van der Waals surface area contributed by atoms with Crippen molar-refractivity contribution in [1.82, 2.24) is 0 Å². The van der Waals surface area contributed by atoms with Crippen molar-refractivity contribution >= 4 is 34.6 Å². The summed E-state index contributed by atoms with van der Waals surface area (Å²) in [6.45, 7) is 2.02. The monoisotopic (exact) mass is 379 g/mol. The predicted molar refractivity (Wildman–Crippen MR) is 95.5 cm³/mol. The zero-order valence-electron chi connectivity index (χ0n) is 13.6. The van der Waals surface area contributed by atoms with Gasteiger partial charge in [-0.05, 0) is 30.3 Å². The van der Waals surface area contributed by atoms with Gasteiger partial charge >= 0.3 is 0 Å². The van der Waals surface area contributed by atoms with Crippen molar-refractivity contribution in [3.8, 4) is 0 Å². The minimum atomic E-state index is -0.690. The predicted octanol–water partition coefficient (Wildman–Crippen LogP) is 3.48. The summed E-state index contributed by atoms with van der Waals surface area (Å²) >= 11 is 5.68. The normalized spacial score (nSPS) is 14.2. The van der Waals surface area contributed by atoms with Gasteiger partial charge in [0.2, 0.25) is 0 Å². The Morgan fingerprint density at radius 2 is 1.96 bits per heavy atom. The molecule has 1 saturated heterocycles. The first-order valence-electron chi connectivity index (χ1n) is 7.83. The van der Waals surface area contributed by atoms with Crippen molar-refractivity contribution < 1.29 is 18.8 Å². The number of carbonyl (C=O) groups excluding carboxylic acids is 1. The zero-order valence-corrected chi connectivity index (χ0v) is 14.3. The molecule has 0 unspecified atom stereocenters. The van der Waals surface area contributed by atoms with Crippen LogP contribution in [0, 0.1) is 15.9 Å².